The minimum absolute atomic E-state index is 0.0598. The zero-order chi connectivity index (χ0) is 36.9. The van der Waals surface area contributed by atoms with E-state index in [4.69, 9.17) is 9.84 Å². The number of allylic oxidation sites excluding steroid dienone is 2. The normalized spacial score (nSPS) is 36.6. The molecule has 0 saturated heterocycles. The van der Waals surface area contributed by atoms with Gasteiger partial charge in [0.2, 0.25) is 0 Å². The molecule has 0 aromatic rings. The van der Waals surface area contributed by atoms with Crippen molar-refractivity contribution in [2.45, 2.75) is 146 Å². The van der Waals surface area contributed by atoms with Crippen LogP contribution in [0.1, 0.15) is 140 Å². The van der Waals surface area contributed by atoms with Gasteiger partial charge in [0.15, 0.2) is 5.78 Å². The Kier molecular flexibility index (Phi) is 11.4. The van der Waals surface area contributed by atoms with Crippen LogP contribution in [0.15, 0.2) is 11.1 Å². The largest absolute Gasteiger partial charge is 0.481 e. The first-order chi connectivity index (χ1) is 22.6. The molecule has 0 radical (unpaired) electrons. The molecule has 5 aliphatic carbocycles. The van der Waals surface area contributed by atoms with Crippen molar-refractivity contribution < 1.29 is 34.1 Å². The van der Waals surface area contributed by atoms with Gasteiger partial charge >= 0.3 is 17.9 Å². The molecule has 0 spiro atoms. The highest BCUT2D eigenvalue weighted by atomic mass is 16.5. The predicted octanol–water partition coefficient (Wildman–Crippen LogP) is 8.33. The maximum atomic E-state index is 13.6. The molecule has 49 heavy (non-hydrogen) atoms. The molecule has 4 fully saturated rings. The number of esters is 1. The highest BCUT2D eigenvalue weighted by molar-refractivity contribution is 6.00. The second-order valence-electron chi connectivity index (χ2n) is 18.9. The van der Waals surface area contributed by atoms with E-state index in [1.54, 1.807) is 33.3 Å². The number of rotatable bonds is 9. The molecule has 0 aromatic heterocycles. The van der Waals surface area contributed by atoms with E-state index >= 15 is 0 Å². The number of Topliss-reactive ketones (excluding diaryl/α,β-unsaturated/α-hetero) is 1. The van der Waals surface area contributed by atoms with E-state index in [2.05, 4.69) is 46.9 Å². The summed E-state index contributed by atoms with van der Waals surface area (Å²) in [6, 6.07) is 0. The standard InChI is InChI=1S/C37H59NO5.C4H8O2/c1-22(2)30-25(39)20-37(18-19-38-9)17-12-24-23(31(30)37)10-11-27-35(24,7)15-13-26-34(5,6)28(14-16-36(26,27)8)43-29(40)21-33(3,4)32(41)42;1-3(2)4(5)6/h22-24,26-28,38H,10-21H2,1-9H3,(H,41,42);3H,1-2H3,(H,5,6). The summed E-state index contributed by atoms with van der Waals surface area (Å²) in [6.07, 6.45) is 10.5. The van der Waals surface area contributed by atoms with Crippen molar-refractivity contribution in [1.29, 1.82) is 0 Å². The third-order valence-corrected chi connectivity index (χ3v) is 14.5. The van der Waals surface area contributed by atoms with E-state index in [9.17, 15) is 24.3 Å². The van der Waals surface area contributed by atoms with Gasteiger partial charge in [-0.15, -0.1) is 0 Å². The Morgan fingerprint density at radius 3 is 2.06 bits per heavy atom. The third-order valence-electron chi connectivity index (χ3n) is 14.5. The summed E-state index contributed by atoms with van der Waals surface area (Å²) in [5, 5.41) is 20.9. The molecule has 0 aliphatic heterocycles. The summed E-state index contributed by atoms with van der Waals surface area (Å²) in [4.78, 5) is 47.9. The molecular weight excluding hydrogens is 618 g/mol. The summed E-state index contributed by atoms with van der Waals surface area (Å²) in [6.45, 7) is 21.6. The average Bonchev–Trinajstić information content (AvgIpc) is 3.29. The number of carboxylic acid groups (broad SMARTS) is 2. The second kappa shape index (κ2) is 14.1. The molecule has 0 heterocycles. The SMILES string of the molecule is CC(C)C(=O)O.CNCCC12CCC3C(CCC4C3(C)CCC3C(C)(C)C(OC(=O)CC(C)(C)C(=O)O)CCC34C)C1=C(C(C)C)C(=O)C2. The van der Waals surface area contributed by atoms with Gasteiger partial charge in [0.25, 0.3) is 0 Å². The fourth-order valence-electron chi connectivity index (χ4n) is 11.9. The van der Waals surface area contributed by atoms with Gasteiger partial charge < -0.3 is 20.3 Å². The topological polar surface area (TPSA) is 130 Å². The van der Waals surface area contributed by atoms with Crippen molar-refractivity contribution in [3.05, 3.63) is 11.1 Å². The van der Waals surface area contributed by atoms with Gasteiger partial charge in [-0.2, -0.15) is 0 Å². The number of carbonyl (C=O) groups is 4. The lowest BCUT2D eigenvalue weighted by molar-refractivity contribution is -0.213. The zero-order valence-corrected chi connectivity index (χ0v) is 32.5. The fraction of sp³-hybridized carbons (Fsp3) is 0.854. The van der Waals surface area contributed by atoms with Crippen LogP contribution in [-0.4, -0.2) is 53.6 Å². The Morgan fingerprint density at radius 2 is 1.51 bits per heavy atom. The lowest BCUT2D eigenvalue weighted by atomic mass is 9.36. The number of hydrogen-bond donors (Lipinski definition) is 3. The Balaban J connectivity index is 0.000000827. The fourth-order valence-corrected chi connectivity index (χ4v) is 11.9. The summed E-state index contributed by atoms with van der Waals surface area (Å²) < 4.78 is 6.12. The van der Waals surface area contributed by atoms with Gasteiger partial charge in [-0.1, -0.05) is 61.0 Å². The van der Waals surface area contributed by atoms with Crippen molar-refractivity contribution >= 4 is 23.7 Å². The molecule has 278 valence electrons. The summed E-state index contributed by atoms with van der Waals surface area (Å²) in [7, 11) is 2.03. The van der Waals surface area contributed by atoms with E-state index in [-0.39, 0.29) is 52.0 Å². The number of carbonyl (C=O) groups excluding carboxylic acids is 2. The molecule has 8 heteroatoms. The van der Waals surface area contributed by atoms with Gasteiger partial charge in [-0.05, 0) is 131 Å². The van der Waals surface area contributed by atoms with Crippen LogP contribution in [-0.2, 0) is 23.9 Å². The zero-order valence-electron chi connectivity index (χ0n) is 32.5. The molecule has 8 nitrogen and oxygen atoms in total. The van der Waals surface area contributed by atoms with Crippen LogP contribution in [0.2, 0.25) is 0 Å². The number of carboxylic acids is 2. The number of aliphatic carboxylic acids is 2. The third kappa shape index (κ3) is 7.02. The molecule has 0 bridgehead atoms. The molecule has 4 saturated carbocycles. The molecule has 3 N–H and O–H groups in total. The predicted molar refractivity (Wildman–Crippen MR) is 192 cm³/mol. The number of fused-ring (bicyclic) bond motifs is 7. The van der Waals surface area contributed by atoms with E-state index in [1.807, 2.05) is 7.05 Å². The van der Waals surface area contributed by atoms with Gasteiger partial charge in [-0.25, -0.2) is 0 Å². The monoisotopic (exact) mass is 685 g/mol. The highest BCUT2D eigenvalue weighted by Gasteiger charge is 2.66. The summed E-state index contributed by atoms with van der Waals surface area (Å²) >= 11 is 0. The number of hydrogen-bond acceptors (Lipinski definition) is 6. The molecule has 5 rings (SSSR count). The molecular formula is C41H67NO7. The Hall–Kier alpha value is -2.22. The van der Waals surface area contributed by atoms with Crippen LogP contribution in [0.4, 0.5) is 0 Å². The quantitative estimate of drug-likeness (QED) is 0.207. The van der Waals surface area contributed by atoms with Crippen molar-refractivity contribution in [2.24, 2.45) is 62.6 Å². The molecule has 8 atom stereocenters. The minimum Gasteiger partial charge on any atom is -0.481 e. The van der Waals surface area contributed by atoms with Crippen LogP contribution < -0.4 is 5.32 Å². The van der Waals surface area contributed by atoms with E-state index in [0.717, 1.165) is 45.1 Å². The van der Waals surface area contributed by atoms with Crippen LogP contribution >= 0.6 is 0 Å². The van der Waals surface area contributed by atoms with Gasteiger partial charge in [0.1, 0.15) is 6.10 Å². The first-order valence-electron chi connectivity index (χ1n) is 19.2. The first-order valence-corrected chi connectivity index (χ1v) is 19.2. The van der Waals surface area contributed by atoms with Crippen LogP contribution in [0.3, 0.4) is 0 Å². The average molecular weight is 686 g/mol. The Morgan fingerprint density at radius 1 is 0.898 bits per heavy atom. The maximum absolute atomic E-state index is 13.6. The van der Waals surface area contributed by atoms with Gasteiger partial charge in [-0.3, -0.25) is 19.2 Å². The van der Waals surface area contributed by atoms with E-state index < -0.39 is 17.4 Å². The maximum Gasteiger partial charge on any atom is 0.309 e. The number of ketones is 1. The Bertz CT molecular complexity index is 1330. The van der Waals surface area contributed by atoms with Crippen molar-refractivity contribution in [3.8, 4) is 0 Å². The molecule has 5 aliphatic rings. The van der Waals surface area contributed by atoms with Crippen molar-refractivity contribution in [2.75, 3.05) is 13.6 Å². The van der Waals surface area contributed by atoms with E-state index in [1.165, 1.54) is 31.3 Å². The van der Waals surface area contributed by atoms with Crippen LogP contribution in [0.25, 0.3) is 0 Å². The van der Waals surface area contributed by atoms with Crippen LogP contribution in [0, 0.1) is 62.6 Å². The van der Waals surface area contributed by atoms with Gasteiger partial charge in [0, 0.05) is 17.3 Å². The lowest BCUT2D eigenvalue weighted by Gasteiger charge is -2.69. The van der Waals surface area contributed by atoms with Crippen molar-refractivity contribution in [1.82, 2.24) is 5.32 Å². The number of nitrogens with one attached hydrogen (secondary N) is 1. The smallest absolute Gasteiger partial charge is 0.309 e. The number of ether oxygens (including phenoxy) is 1. The summed E-state index contributed by atoms with van der Waals surface area (Å²) in [5.74, 6) is 0.596. The van der Waals surface area contributed by atoms with Crippen LogP contribution in [0.5, 0.6) is 0 Å². The molecule has 8 unspecified atom stereocenters. The van der Waals surface area contributed by atoms with Crippen molar-refractivity contribution in [3.63, 3.8) is 0 Å². The van der Waals surface area contributed by atoms with Gasteiger partial charge in [0.05, 0.1) is 17.8 Å². The Labute approximate surface area is 296 Å². The first kappa shape index (κ1) is 39.6. The minimum atomic E-state index is -1.13. The molecule has 0 amide bonds. The summed E-state index contributed by atoms with van der Waals surface area (Å²) in [5.41, 5.74) is 1.93. The highest BCUT2D eigenvalue weighted by Crippen LogP contribution is 2.73. The second-order valence-corrected chi connectivity index (χ2v) is 18.9. The lowest BCUT2D eigenvalue weighted by Crippen LogP contribution is -2.63. The van der Waals surface area contributed by atoms with E-state index in [0.29, 0.717) is 29.5 Å². The molecule has 0 aromatic carbocycles.